The normalized spacial score (nSPS) is 11.6. The summed E-state index contributed by atoms with van der Waals surface area (Å²) in [5.74, 6) is 1.32. The fourth-order valence-corrected chi connectivity index (χ4v) is 3.52. The highest BCUT2D eigenvalue weighted by molar-refractivity contribution is 6.49. The second kappa shape index (κ2) is 11.4. The summed E-state index contributed by atoms with van der Waals surface area (Å²) in [6.07, 6.45) is 1.56. The topological polar surface area (TPSA) is 88.6 Å². The molecule has 8 nitrogen and oxygen atoms in total. The van der Waals surface area contributed by atoms with Crippen molar-refractivity contribution in [3.63, 3.8) is 0 Å². The first-order valence-electron chi connectivity index (χ1n) is 9.81. The minimum atomic E-state index is -0.518. The van der Waals surface area contributed by atoms with Gasteiger partial charge in [-0.1, -0.05) is 34.8 Å². The lowest BCUT2D eigenvalue weighted by Crippen LogP contribution is -2.32. The van der Waals surface area contributed by atoms with Crippen molar-refractivity contribution in [2.75, 3.05) is 36.4 Å². The zero-order valence-corrected chi connectivity index (χ0v) is 20.4. The fraction of sp³-hybridized carbons (Fsp3) is 0.227. The number of carbonyl (C=O) groups excluding carboxylic acids is 1. The number of nitrogens with one attached hydrogen (secondary N) is 2. The number of urea groups is 1. The van der Waals surface area contributed by atoms with E-state index in [1.165, 1.54) is 4.90 Å². The average Bonchev–Trinajstić information content (AvgIpc) is 2.80. The third-order valence-electron chi connectivity index (χ3n) is 4.47. The van der Waals surface area contributed by atoms with Crippen molar-refractivity contribution >= 4 is 64.0 Å². The largest absolute Gasteiger partial charge is 0.497 e. The first-order valence-corrected chi connectivity index (χ1v) is 10.9. The van der Waals surface area contributed by atoms with E-state index < -0.39 is 6.03 Å². The molecule has 2 amide bonds. The van der Waals surface area contributed by atoms with Crippen LogP contribution in [0.25, 0.3) is 0 Å². The first-order chi connectivity index (χ1) is 15.8. The standard InChI is InChI=1S/C22H22Cl3N5O3/c1-13(12-32-2)27-21-26-11-10-18(29-21)30(14-4-6-15(33-3)7-5-14)22(31)28-17-9-8-16(23)19(24)20(17)25/h4-11,13H,12H2,1-3H3,(H,28,31)(H,26,27,29). The van der Waals surface area contributed by atoms with Crippen LogP contribution in [0.2, 0.25) is 15.1 Å². The summed E-state index contributed by atoms with van der Waals surface area (Å²) in [5.41, 5.74) is 0.842. The SMILES string of the molecule is COCC(C)Nc1nccc(N(C(=O)Nc2ccc(Cl)c(Cl)c2Cl)c2ccc(OC)cc2)n1. The van der Waals surface area contributed by atoms with E-state index in [0.29, 0.717) is 35.5 Å². The Labute approximate surface area is 206 Å². The Balaban J connectivity index is 1.98. The number of amides is 2. The minimum absolute atomic E-state index is 0.0384. The van der Waals surface area contributed by atoms with E-state index in [4.69, 9.17) is 44.3 Å². The number of halogens is 3. The van der Waals surface area contributed by atoms with E-state index in [1.54, 1.807) is 62.9 Å². The highest BCUT2D eigenvalue weighted by Gasteiger charge is 2.22. The molecule has 0 aliphatic rings. The van der Waals surface area contributed by atoms with E-state index in [0.717, 1.165) is 0 Å². The van der Waals surface area contributed by atoms with Gasteiger partial charge >= 0.3 is 6.03 Å². The Morgan fingerprint density at radius 1 is 1.06 bits per heavy atom. The van der Waals surface area contributed by atoms with Crippen LogP contribution in [-0.2, 0) is 4.74 Å². The van der Waals surface area contributed by atoms with E-state index in [-0.39, 0.29) is 21.1 Å². The maximum Gasteiger partial charge on any atom is 0.332 e. The number of ether oxygens (including phenoxy) is 2. The third kappa shape index (κ3) is 6.17. The van der Waals surface area contributed by atoms with Crippen molar-refractivity contribution in [3.8, 4) is 5.75 Å². The number of benzene rings is 2. The van der Waals surface area contributed by atoms with Crippen molar-refractivity contribution in [2.45, 2.75) is 13.0 Å². The lowest BCUT2D eigenvalue weighted by molar-refractivity contribution is 0.190. The van der Waals surface area contributed by atoms with Gasteiger partial charge in [-0.05, 0) is 43.3 Å². The molecule has 1 atom stereocenters. The number of carbonyl (C=O) groups is 1. The van der Waals surface area contributed by atoms with Gasteiger partial charge in [0, 0.05) is 25.4 Å². The second-order valence-corrected chi connectivity index (χ2v) is 8.09. The van der Waals surface area contributed by atoms with Crippen LogP contribution < -0.4 is 20.3 Å². The van der Waals surface area contributed by atoms with Gasteiger partial charge in [0.05, 0.1) is 40.2 Å². The molecule has 0 aliphatic heterocycles. The molecule has 0 spiro atoms. The minimum Gasteiger partial charge on any atom is -0.497 e. The van der Waals surface area contributed by atoms with Gasteiger partial charge < -0.3 is 20.1 Å². The predicted molar refractivity (Wildman–Crippen MR) is 133 cm³/mol. The fourth-order valence-electron chi connectivity index (χ4n) is 2.93. The highest BCUT2D eigenvalue weighted by Crippen LogP contribution is 2.36. The number of rotatable bonds is 8. The third-order valence-corrected chi connectivity index (χ3v) is 5.77. The molecule has 3 rings (SSSR count). The van der Waals surface area contributed by atoms with Crippen molar-refractivity contribution in [2.24, 2.45) is 0 Å². The van der Waals surface area contributed by atoms with E-state index in [9.17, 15) is 4.79 Å². The average molecular weight is 511 g/mol. The summed E-state index contributed by atoms with van der Waals surface area (Å²) in [7, 11) is 3.18. The molecule has 174 valence electrons. The Bertz CT molecular complexity index is 1110. The van der Waals surface area contributed by atoms with Crippen LogP contribution >= 0.6 is 34.8 Å². The van der Waals surface area contributed by atoms with Gasteiger partial charge in [0.15, 0.2) is 0 Å². The van der Waals surface area contributed by atoms with E-state index >= 15 is 0 Å². The molecular weight excluding hydrogens is 489 g/mol. The summed E-state index contributed by atoms with van der Waals surface area (Å²) in [4.78, 5) is 23.5. The van der Waals surface area contributed by atoms with Gasteiger partial charge in [-0.15, -0.1) is 0 Å². The number of methoxy groups -OCH3 is 2. The van der Waals surface area contributed by atoms with Crippen molar-refractivity contribution in [1.29, 1.82) is 0 Å². The highest BCUT2D eigenvalue weighted by atomic mass is 35.5. The second-order valence-electron chi connectivity index (χ2n) is 6.93. The molecule has 1 unspecified atom stereocenters. The molecule has 1 heterocycles. The first kappa shape index (κ1) is 24.9. The number of aromatic nitrogens is 2. The molecule has 0 fully saturated rings. The molecule has 0 saturated carbocycles. The lowest BCUT2D eigenvalue weighted by Gasteiger charge is -2.23. The zero-order valence-electron chi connectivity index (χ0n) is 18.1. The van der Waals surface area contributed by atoms with Crippen LogP contribution in [0.1, 0.15) is 6.92 Å². The van der Waals surface area contributed by atoms with E-state index in [2.05, 4.69) is 20.6 Å². The van der Waals surface area contributed by atoms with Crippen LogP contribution in [-0.4, -0.2) is 42.9 Å². The maximum atomic E-state index is 13.4. The number of hydrogen-bond donors (Lipinski definition) is 2. The van der Waals surface area contributed by atoms with Gasteiger partial charge in [-0.2, -0.15) is 4.98 Å². The summed E-state index contributed by atoms with van der Waals surface area (Å²) < 4.78 is 10.4. The Morgan fingerprint density at radius 2 is 1.79 bits per heavy atom. The van der Waals surface area contributed by atoms with Gasteiger partial charge in [0.25, 0.3) is 0 Å². The molecule has 0 bridgehead atoms. The number of nitrogens with zero attached hydrogens (tertiary/aromatic N) is 3. The summed E-state index contributed by atoms with van der Waals surface area (Å²) >= 11 is 18.4. The number of anilines is 4. The molecule has 0 saturated heterocycles. The molecule has 33 heavy (non-hydrogen) atoms. The van der Waals surface area contributed by atoms with Crippen molar-refractivity contribution < 1.29 is 14.3 Å². The Kier molecular flexibility index (Phi) is 8.57. The van der Waals surface area contributed by atoms with Crippen LogP contribution in [0, 0.1) is 0 Å². The summed E-state index contributed by atoms with van der Waals surface area (Å²) in [5, 5.41) is 6.46. The summed E-state index contributed by atoms with van der Waals surface area (Å²) in [6, 6.07) is 11.1. The van der Waals surface area contributed by atoms with Crippen LogP contribution in [0.5, 0.6) is 5.75 Å². The molecule has 2 aromatic carbocycles. The molecule has 3 aromatic rings. The van der Waals surface area contributed by atoms with Crippen LogP contribution in [0.3, 0.4) is 0 Å². The molecular formula is C22H22Cl3N5O3. The lowest BCUT2D eigenvalue weighted by atomic mass is 10.2. The van der Waals surface area contributed by atoms with Crippen LogP contribution in [0.15, 0.2) is 48.7 Å². The predicted octanol–water partition coefficient (Wildman–Crippen LogP) is 6.26. The molecule has 11 heteroatoms. The van der Waals surface area contributed by atoms with Crippen molar-refractivity contribution in [1.82, 2.24) is 9.97 Å². The maximum absolute atomic E-state index is 13.4. The zero-order chi connectivity index (χ0) is 24.0. The van der Waals surface area contributed by atoms with Gasteiger partial charge in [0.2, 0.25) is 5.95 Å². The molecule has 1 aromatic heterocycles. The molecule has 0 aliphatic carbocycles. The quantitative estimate of drug-likeness (QED) is 0.348. The monoisotopic (exact) mass is 509 g/mol. The van der Waals surface area contributed by atoms with E-state index in [1.807, 2.05) is 6.92 Å². The summed E-state index contributed by atoms with van der Waals surface area (Å²) in [6.45, 7) is 2.39. The molecule has 2 N–H and O–H groups in total. The smallest absolute Gasteiger partial charge is 0.332 e. The van der Waals surface area contributed by atoms with Gasteiger partial charge in [-0.3, -0.25) is 0 Å². The van der Waals surface area contributed by atoms with Crippen LogP contribution in [0.4, 0.5) is 27.9 Å². The Hall–Kier alpha value is -2.78. The molecule has 0 radical (unpaired) electrons. The Morgan fingerprint density at radius 3 is 2.45 bits per heavy atom. The van der Waals surface area contributed by atoms with Gasteiger partial charge in [0.1, 0.15) is 11.6 Å². The van der Waals surface area contributed by atoms with Crippen molar-refractivity contribution in [3.05, 3.63) is 63.7 Å². The number of hydrogen-bond acceptors (Lipinski definition) is 6. The van der Waals surface area contributed by atoms with Gasteiger partial charge in [-0.25, -0.2) is 14.7 Å².